The molecular formula is C14H14F3N5O2. The number of hydrogen-bond donors (Lipinski definition) is 3. The minimum atomic E-state index is -4.55. The molecule has 4 N–H and O–H groups in total. The van der Waals surface area contributed by atoms with Crippen LogP contribution in [-0.2, 0) is 11.0 Å². The zero-order valence-corrected chi connectivity index (χ0v) is 12.3. The number of nitrogens with two attached hydrogens (primary N) is 1. The number of carbonyl (C=O) groups excluding carboxylic acids is 2. The Morgan fingerprint density at radius 2 is 2.04 bits per heavy atom. The van der Waals surface area contributed by atoms with Crippen molar-refractivity contribution in [3.05, 3.63) is 42.2 Å². The number of nitrogens with one attached hydrogen (secondary N) is 2. The number of anilines is 1. The molecule has 2 rings (SSSR count). The van der Waals surface area contributed by atoms with Crippen molar-refractivity contribution in [2.45, 2.75) is 12.6 Å². The summed E-state index contributed by atoms with van der Waals surface area (Å²) in [5, 5.41) is 8.59. The van der Waals surface area contributed by atoms with Gasteiger partial charge in [0, 0.05) is 25.4 Å². The molecule has 1 heterocycles. The molecule has 128 valence electrons. The lowest BCUT2D eigenvalue weighted by atomic mass is 10.1. The Morgan fingerprint density at radius 1 is 1.29 bits per heavy atom. The first-order chi connectivity index (χ1) is 11.3. The average molecular weight is 341 g/mol. The molecular weight excluding hydrogens is 327 g/mol. The Balaban J connectivity index is 2.24. The summed E-state index contributed by atoms with van der Waals surface area (Å²) in [4.78, 5) is 22.4. The van der Waals surface area contributed by atoms with Gasteiger partial charge in [0.15, 0.2) is 0 Å². The lowest BCUT2D eigenvalue weighted by Gasteiger charge is -2.15. The average Bonchev–Trinajstić information content (AvgIpc) is 2.99. The molecule has 0 fully saturated rings. The van der Waals surface area contributed by atoms with Crippen molar-refractivity contribution in [1.29, 1.82) is 0 Å². The second-order valence-electron chi connectivity index (χ2n) is 4.78. The first-order valence-electron chi connectivity index (χ1n) is 6.82. The molecule has 0 aliphatic rings. The van der Waals surface area contributed by atoms with Crippen molar-refractivity contribution in [3.63, 3.8) is 0 Å². The van der Waals surface area contributed by atoms with E-state index in [9.17, 15) is 22.8 Å². The summed E-state index contributed by atoms with van der Waals surface area (Å²) in [6.45, 7) is -0.0305. The molecule has 1 aromatic carbocycles. The second-order valence-corrected chi connectivity index (χ2v) is 4.78. The standard InChI is InChI=1S/C14H14F3N5O2/c15-14(16,17)9-2-3-11(22-7-1-5-20-22)10(8-9)21-13(24)19-6-4-12(18)23/h1-3,5,7-8H,4,6H2,(H2,18,23)(H2,19,21,24). The van der Waals surface area contributed by atoms with E-state index in [0.29, 0.717) is 0 Å². The van der Waals surface area contributed by atoms with Gasteiger partial charge in [0.1, 0.15) is 0 Å². The van der Waals surface area contributed by atoms with E-state index in [2.05, 4.69) is 15.7 Å². The van der Waals surface area contributed by atoms with Gasteiger partial charge in [-0.05, 0) is 24.3 Å². The fraction of sp³-hybridized carbons (Fsp3) is 0.214. The predicted molar refractivity (Wildman–Crippen MR) is 79.4 cm³/mol. The lowest BCUT2D eigenvalue weighted by molar-refractivity contribution is -0.137. The summed E-state index contributed by atoms with van der Waals surface area (Å²) < 4.78 is 39.9. The van der Waals surface area contributed by atoms with E-state index in [1.165, 1.54) is 23.1 Å². The number of alkyl halides is 3. The summed E-state index contributed by atoms with van der Waals surface area (Å²) in [7, 11) is 0. The first-order valence-corrected chi connectivity index (χ1v) is 6.82. The van der Waals surface area contributed by atoms with Gasteiger partial charge in [0.25, 0.3) is 0 Å². The van der Waals surface area contributed by atoms with Crippen LogP contribution in [0.2, 0.25) is 0 Å². The molecule has 1 aromatic heterocycles. The zero-order chi connectivity index (χ0) is 17.7. The number of nitrogens with zero attached hydrogens (tertiary/aromatic N) is 2. The van der Waals surface area contributed by atoms with Crippen LogP contribution >= 0.6 is 0 Å². The van der Waals surface area contributed by atoms with E-state index in [-0.39, 0.29) is 24.3 Å². The Morgan fingerprint density at radius 3 is 2.62 bits per heavy atom. The summed E-state index contributed by atoms with van der Waals surface area (Å²) >= 11 is 0. The normalized spacial score (nSPS) is 11.1. The summed E-state index contributed by atoms with van der Waals surface area (Å²) in [6, 6.07) is 3.74. The van der Waals surface area contributed by atoms with Crippen LogP contribution in [0, 0.1) is 0 Å². The molecule has 2 aromatic rings. The number of urea groups is 1. The van der Waals surface area contributed by atoms with Crippen molar-refractivity contribution in [2.75, 3.05) is 11.9 Å². The highest BCUT2D eigenvalue weighted by Gasteiger charge is 2.31. The van der Waals surface area contributed by atoms with Crippen LogP contribution in [0.15, 0.2) is 36.7 Å². The van der Waals surface area contributed by atoms with Crippen LogP contribution < -0.4 is 16.4 Å². The highest BCUT2D eigenvalue weighted by atomic mass is 19.4. The van der Waals surface area contributed by atoms with Crippen molar-refractivity contribution in [1.82, 2.24) is 15.1 Å². The molecule has 0 unspecified atom stereocenters. The maximum atomic E-state index is 12.9. The van der Waals surface area contributed by atoms with E-state index in [4.69, 9.17) is 5.73 Å². The molecule has 0 bridgehead atoms. The van der Waals surface area contributed by atoms with Gasteiger partial charge in [0.2, 0.25) is 5.91 Å². The topological polar surface area (TPSA) is 102 Å². The van der Waals surface area contributed by atoms with Crippen molar-refractivity contribution in [2.24, 2.45) is 5.73 Å². The van der Waals surface area contributed by atoms with E-state index in [0.717, 1.165) is 12.1 Å². The molecule has 0 spiro atoms. The number of benzene rings is 1. The fourth-order valence-electron chi connectivity index (χ4n) is 1.89. The molecule has 0 atom stereocenters. The summed E-state index contributed by atoms with van der Waals surface area (Å²) in [6.07, 6.45) is -1.66. The maximum absolute atomic E-state index is 12.9. The number of rotatable bonds is 5. The molecule has 0 saturated heterocycles. The van der Waals surface area contributed by atoms with Crippen LogP contribution in [0.1, 0.15) is 12.0 Å². The number of aromatic nitrogens is 2. The van der Waals surface area contributed by atoms with Gasteiger partial charge in [-0.15, -0.1) is 0 Å². The molecule has 7 nitrogen and oxygen atoms in total. The van der Waals surface area contributed by atoms with Crippen LogP contribution in [0.25, 0.3) is 5.69 Å². The van der Waals surface area contributed by atoms with E-state index in [1.807, 2.05) is 0 Å². The molecule has 0 aliphatic carbocycles. The third-order valence-electron chi connectivity index (χ3n) is 2.98. The van der Waals surface area contributed by atoms with Gasteiger partial charge in [0.05, 0.1) is 16.9 Å². The summed E-state index contributed by atoms with van der Waals surface area (Å²) in [5.41, 5.74) is 4.21. The number of halogens is 3. The van der Waals surface area contributed by atoms with Gasteiger partial charge in [-0.3, -0.25) is 4.79 Å². The maximum Gasteiger partial charge on any atom is 0.416 e. The third-order valence-corrected chi connectivity index (χ3v) is 2.98. The molecule has 3 amide bonds. The quantitative estimate of drug-likeness (QED) is 0.774. The molecule has 0 saturated carbocycles. The SMILES string of the molecule is NC(=O)CCNC(=O)Nc1cc(C(F)(F)F)ccc1-n1cccn1. The Kier molecular flexibility index (Phi) is 5.07. The molecule has 0 aliphatic heterocycles. The van der Waals surface area contributed by atoms with Crippen molar-refractivity contribution >= 4 is 17.6 Å². The fourth-order valence-corrected chi connectivity index (χ4v) is 1.89. The Labute approximate surface area is 134 Å². The van der Waals surface area contributed by atoms with Crippen LogP contribution in [0.5, 0.6) is 0 Å². The van der Waals surface area contributed by atoms with Crippen molar-refractivity contribution in [3.8, 4) is 5.69 Å². The zero-order valence-electron chi connectivity index (χ0n) is 12.3. The Bertz CT molecular complexity index is 729. The molecule has 10 heteroatoms. The van der Waals surface area contributed by atoms with Crippen LogP contribution in [0.4, 0.5) is 23.7 Å². The van der Waals surface area contributed by atoms with Gasteiger partial charge in [-0.25, -0.2) is 9.48 Å². The molecule has 24 heavy (non-hydrogen) atoms. The number of hydrogen-bond acceptors (Lipinski definition) is 3. The minimum absolute atomic E-state index is 0.0305. The number of amides is 3. The number of primary amides is 1. The second kappa shape index (κ2) is 7.02. The lowest BCUT2D eigenvalue weighted by Crippen LogP contribution is -2.32. The van der Waals surface area contributed by atoms with E-state index >= 15 is 0 Å². The molecule has 0 radical (unpaired) electrons. The van der Waals surface area contributed by atoms with Gasteiger partial charge >= 0.3 is 12.2 Å². The van der Waals surface area contributed by atoms with Crippen LogP contribution in [-0.4, -0.2) is 28.3 Å². The largest absolute Gasteiger partial charge is 0.416 e. The van der Waals surface area contributed by atoms with E-state index in [1.54, 1.807) is 6.07 Å². The minimum Gasteiger partial charge on any atom is -0.370 e. The third kappa shape index (κ3) is 4.48. The monoisotopic (exact) mass is 341 g/mol. The smallest absolute Gasteiger partial charge is 0.370 e. The van der Waals surface area contributed by atoms with E-state index < -0.39 is 23.7 Å². The predicted octanol–water partition coefficient (Wildman–Crippen LogP) is 1.89. The van der Waals surface area contributed by atoms with Crippen LogP contribution in [0.3, 0.4) is 0 Å². The van der Waals surface area contributed by atoms with Gasteiger partial charge in [-0.2, -0.15) is 18.3 Å². The summed E-state index contributed by atoms with van der Waals surface area (Å²) in [5.74, 6) is -0.605. The van der Waals surface area contributed by atoms with Crippen molar-refractivity contribution < 1.29 is 22.8 Å². The highest BCUT2D eigenvalue weighted by molar-refractivity contribution is 5.92. The highest BCUT2D eigenvalue weighted by Crippen LogP contribution is 2.33. The number of carbonyl (C=O) groups is 2. The van der Waals surface area contributed by atoms with Gasteiger partial charge in [-0.1, -0.05) is 0 Å². The first kappa shape index (κ1) is 17.3. The van der Waals surface area contributed by atoms with Gasteiger partial charge < -0.3 is 16.4 Å². The Hall–Kier alpha value is -3.04.